The Bertz CT molecular complexity index is 634. The van der Waals surface area contributed by atoms with Crippen LogP contribution in [0.1, 0.15) is 24.2 Å². The summed E-state index contributed by atoms with van der Waals surface area (Å²) in [4.78, 5) is 12.9. The molecule has 0 atom stereocenters. The smallest absolute Gasteiger partial charge is 0.133 e. The van der Waals surface area contributed by atoms with Crippen LogP contribution in [0.5, 0.6) is 0 Å². The zero-order chi connectivity index (χ0) is 16.2. The molecule has 0 aliphatic carbocycles. The molecule has 0 radical (unpaired) electrons. The predicted octanol–water partition coefficient (Wildman–Crippen LogP) is 1.31. The Morgan fingerprint density at radius 1 is 1.26 bits per heavy atom. The van der Waals surface area contributed by atoms with Crippen LogP contribution < -0.4 is 10.2 Å². The quantitative estimate of drug-likeness (QED) is 0.884. The number of anilines is 2. The van der Waals surface area contributed by atoms with Crippen LogP contribution in [-0.2, 0) is 6.54 Å². The summed E-state index contributed by atoms with van der Waals surface area (Å²) in [5.41, 5.74) is 1.81. The van der Waals surface area contributed by atoms with Gasteiger partial charge in [0.05, 0.1) is 0 Å². The minimum atomic E-state index is 0.438. The number of rotatable bonds is 5. The molecule has 1 aliphatic heterocycles. The van der Waals surface area contributed by atoms with E-state index in [1.54, 1.807) is 6.33 Å². The molecule has 1 saturated heterocycles. The fourth-order valence-electron chi connectivity index (χ4n) is 2.72. The van der Waals surface area contributed by atoms with E-state index < -0.39 is 0 Å². The molecule has 8 nitrogen and oxygen atoms in total. The summed E-state index contributed by atoms with van der Waals surface area (Å²) in [7, 11) is 3.96. The van der Waals surface area contributed by atoms with Crippen molar-refractivity contribution in [1.82, 2.24) is 25.2 Å². The first-order valence-corrected chi connectivity index (χ1v) is 7.88. The second kappa shape index (κ2) is 6.91. The highest BCUT2D eigenvalue weighted by atomic mass is 16.6. The molecule has 1 N–H and O–H groups in total. The number of aromatic nitrogens is 4. The van der Waals surface area contributed by atoms with Crippen LogP contribution in [0, 0.1) is 6.92 Å². The first-order chi connectivity index (χ1) is 11.1. The van der Waals surface area contributed by atoms with E-state index in [0.717, 1.165) is 55.5 Å². The molecule has 0 aromatic carbocycles. The third-order valence-corrected chi connectivity index (χ3v) is 4.17. The number of nitrogens with zero attached hydrogens (tertiary/aromatic N) is 6. The van der Waals surface area contributed by atoms with Crippen molar-refractivity contribution in [2.24, 2.45) is 0 Å². The predicted molar refractivity (Wildman–Crippen MR) is 87.3 cm³/mol. The Morgan fingerprint density at radius 3 is 2.70 bits per heavy atom. The number of likely N-dealkylation sites (tertiary alicyclic amines) is 1. The summed E-state index contributed by atoms with van der Waals surface area (Å²) in [5, 5.41) is 11.3. The topological polar surface area (TPSA) is 83.2 Å². The van der Waals surface area contributed by atoms with Gasteiger partial charge in [0.2, 0.25) is 0 Å². The van der Waals surface area contributed by atoms with Gasteiger partial charge in [-0.3, -0.25) is 4.90 Å². The van der Waals surface area contributed by atoms with Gasteiger partial charge in [-0.2, -0.15) is 0 Å². The normalized spacial score (nSPS) is 16.5. The van der Waals surface area contributed by atoms with Gasteiger partial charge >= 0.3 is 0 Å². The monoisotopic (exact) mass is 317 g/mol. The lowest BCUT2D eigenvalue weighted by Gasteiger charge is -2.32. The molecule has 0 amide bonds. The molecule has 3 heterocycles. The minimum absolute atomic E-state index is 0.438. The van der Waals surface area contributed by atoms with Crippen LogP contribution in [-0.4, -0.2) is 58.4 Å². The SMILES string of the molecule is Cc1nonc1CN1CCC(Nc2cc(N(C)C)ncn2)CC1. The molecule has 0 saturated carbocycles. The molecule has 0 bridgehead atoms. The van der Waals surface area contributed by atoms with Crippen LogP contribution in [0.3, 0.4) is 0 Å². The first-order valence-electron chi connectivity index (χ1n) is 7.88. The minimum Gasteiger partial charge on any atom is -0.367 e. The number of aryl methyl sites for hydroxylation is 1. The summed E-state index contributed by atoms with van der Waals surface area (Å²) in [6.07, 6.45) is 3.75. The van der Waals surface area contributed by atoms with Crippen molar-refractivity contribution in [3.8, 4) is 0 Å². The van der Waals surface area contributed by atoms with Gasteiger partial charge in [0.25, 0.3) is 0 Å². The largest absolute Gasteiger partial charge is 0.367 e. The molecule has 3 rings (SSSR count). The standard InChI is InChI=1S/C15H23N7O/c1-11-13(20-23-19-11)9-22-6-4-12(5-7-22)18-14-8-15(21(2)3)17-10-16-14/h8,10,12H,4-7,9H2,1-3H3,(H,16,17,18). The van der Waals surface area contributed by atoms with Gasteiger partial charge in [0, 0.05) is 45.8 Å². The second-order valence-electron chi connectivity index (χ2n) is 6.15. The molecule has 2 aromatic rings. The van der Waals surface area contributed by atoms with E-state index in [4.69, 9.17) is 4.63 Å². The van der Waals surface area contributed by atoms with Gasteiger partial charge < -0.3 is 10.2 Å². The Labute approximate surface area is 135 Å². The first kappa shape index (κ1) is 15.7. The Kier molecular flexibility index (Phi) is 4.71. The highest BCUT2D eigenvalue weighted by Gasteiger charge is 2.21. The third-order valence-electron chi connectivity index (χ3n) is 4.17. The lowest BCUT2D eigenvalue weighted by Crippen LogP contribution is -2.39. The van der Waals surface area contributed by atoms with Crippen molar-refractivity contribution in [2.75, 3.05) is 37.4 Å². The van der Waals surface area contributed by atoms with Crippen LogP contribution in [0.2, 0.25) is 0 Å². The van der Waals surface area contributed by atoms with E-state index in [-0.39, 0.29) is 0 Å². The molecule has 0 spiro atoms. The van der Waals surface area contributed by atoms with Crippen LogP contribution >= 0.6 is 0 Å². The lowest BCUT2D eigenvalue weighted by molar-refractivity contribution is 0.204. The number of piperidine rings is 1. The van der Waals surface area contributed by atoms with E-state index in [0.29, 0.717) is 6.04 Å². The molecule has 124 valence electrons. The zero-order valence-electron chi connectivity index (χ0n) is 13.9. The summed E-state index contributed by atoms with van der Waals surface area (Å²) in [6, 6.07) is 2.42. The van der Waals surface area contributed by atoms with Crippen molar-refractivity contribution in [3.63, 3.8) is 0 Å². The Balaban J connectivity index is 1.51. The second-order valence-corrected chi connectivity index (χ2v) is 6.15. The maximum Gasteiger partial charge on any atom is 0.133 e. The van der Waals surface area contributed by atoms with Crippen molar-refractivity contribution in [3.05, 3.63) is 23.8 Å². The fourth-order valence-corrected chi connectivity index (χ4v) is 2.72. The van der Waals surface area contributed by atoms with E-state index in [2.05, 4.69) is 30.5 Å². The van der Waals surface area contributed by atoms with Crippen molar-refractivity contribution >= 4 is 11.6 Å². The highest BCUT2D eigenvalue weighted by molar-refractivity contribution is 5.47. The third kappa shape index (κ3) is 3.95. The van der Waals surface area contributed by atoms with Crippen molar-refractivity contribution in [1.29, 1.82) is 0 Å². The maximum atomic E-state index is 4.76. The van der Waals surface area contributed by atoms with Crippen LogP contribution in [0.25, 0.3) is 0 Å². The summed E-state index contributed by atoms with van der Waals surface area (Å²) in [5.74, 6) is 1.80. The molecule has 8 heteroatoms. The lowest BCUT2D eigenvalue weighted by atomic mass is 10.0. The van der Waals surface area contributed by atoms with E-state index in [9.17, 15) is 0 Å². The van der Waals surface area contributed by atoms with Crippen molar-refractivity contribution < 1.29 is 4.63 Å². The summed E-state index contributed by atoms with van der Waals surface area (Å²) >= 11 is 0. The van der Waals surface area contributed by atoms with Crippen LogP contribution in [0.4, 0.5) is 11.6 Å². The number of hydrogen-bond donors (Lipinski definition) is 1. The molecular weight excluding hydrogens is 294 g/mol. The highest BCUT2D eigenvalue weighted by Crippen LogP contribution is 2.19. The van der Waals surface area contributed by atoms with E-state index in [1.807, 2.05) is 32.0 Å². The van der Waals surface area contributed by atoms with Gasteiger partial charge in [0.15, 0.2) is 0 Å². The zero-order valence-corrected chi connectivity index (χ0v) is 13.9. The van der Waals surface area contributed by atoms with Crippen LogP contribution in [0.15, 0.2) is 17.0 Å². The number of hydrogen-bond acceptors (Lipinski definition) is 8. The molecule has 23 heavy (non-hydrogen) atoms. The summed E-state index contributed by atoms with van der Waals surface area (Å²) in [6.45, 7) is 4.78. The molecule has 1 fully saturated rings. The van der Waals surface area contributed by atoms with Gasteiger partial charge in [-0.25, -0.2) is 14.6 Å². The average molecular weight is 317 g/mol. The Hall–Kier alpha value is -2.22. The van der Waals surface area contributed by atoms with E-state index in [1.165, 1.54) is 0 Å². The van der Waals surface area contributed by atoms with Gasteiger partial charge in [0.1, 0.15) is 29.4 Å². The molecular formula is C15H23N7O. The Morgan fingerprint density at radius 2 is 2.04 bits per heavy atom. The summed E-state index contributed by atoms with van der Waals surface area (Å²) < 4.78 is 4.76. The van der Waals surface area contributed by atoms with Gasteiger partial charge in [-0.15, -0.1) is 0 Å². The van der Waals surface area contributed by atoms with E-state index >= 15 is 0 Å². The number of nitrogens with one attached hydrogen (secondary N) is 1. The molecule has 2 aromatic heterocycles. The molecule has 0 unspecified atom stereocenters. The average Bonchev–Trinajstić information content (AvgIpc) is 2.95. The van der Waals surface area contributed by atoms with Gasteiger partial charge in [-0.05, 0) is 19.8 Å². The van der Waals surface area contributed by atoms with Crippen molar-refractivity contribution in [2.45, 2.75) is 32.4 Å². The fraction of sp³-hybridized carbons (Fsp3) is 0.600. The van der Waals surface area contributed by atoms with Gasteiger partial charge in [-0.1, -0.05) is 10.3 Å². The maximum absolute atomic E-state index is 4.76. The molecule has 1 aliphatic rings.